The summed E-state index contributed by atoms with van der Waals surface area (Å²) >= 11 is 0. The summed E-state index contributed by atoms with van der Waals surface area (Å²) in [5, 5.41) is 15.2. The van der Waals surface area contributed by atoms with Crippen molar-refractivity contribution in [2.45, 2.75) is 25.9 Å². The summed E-state index contributed by atoms with van der Waals surface area (Å²) < 4.78 is 0. The quantitative estimate of drug-likeness (QED) is 0.634. The van der Waals surface area contributed by atoms with Gasteiger partial charge < -0.3 is 10.6 Å². The van der Waals surface area contributed by atoms with Crippen LogP contribution in [0.3, 0.4) is 0 Å². The lowest BCUT2D eigenvalue weighted by atomic mass is 9.99. The lowest BCUT2D eigenvalue weighted by Gasteiger charge is -2.19. The molecule has 0 atom stereocenters. The first-order chi connectivity index (χ1) is 11.6. The summed E-state index contributed by atoms with van der Waals surface area (Å²) in [7, 11) is 0. The molecule has 0 aliphatic carbocycles. The molecule has 24 heavy (non-hydrogen) atoms. The van der Waals surface area contributed by atoms with Crippen LogP contribution in [0.25, 0.3) is 0 Å². The van der Waals surface area contributed by atoms with Crippen molar-refractivity contribution in [3.63, 3.8) is 0 Å². The zero-order valence-electron chi connectivity index (χ0n) is 13.9. The van der Waals surface area contributed by atoms with Crippen LogP contribution in [0.5, 0.6) is 0 Å². The Morgan fingerprint density at radius 1 is 1.00 bits per heavy atom. The number of nitriles is 1. The van der Waals surface area contributed by atoms with Crippen molar-refractivity contribution < 1.29 is 4.79 Å². The monoisotopic (exact) mass is 319 g/mol. The molecule has 0 radical (unpaired) electrons. The van der Waals surface area contributed by atoms with Gasteiger partial charge in [0, 0.05) is 12.2 Å². The second-order valence-corrected chi connectivity index (χ2v) is 5.72. The van der Waals surface area contributed by atoms with E-state index in [1.807, 2.05) is 80.6 Å². The van der Waals surface area contributed by atoms with E-state index in [0.29, 0.717) is 0 Å². The predicted molar refractivity (Wildman–Crippen MR) is 94.8 cm³/mol. The second-order valence-electron chi connectivity index (χ2n) is 5.72. The largest absolute Gasteiger partial charge is 0.379 e. The minimum Gasteiger partial charge on any atom is -0.379 e. The molecule has 122 valence electrons. The third-order valence-electron chi connectivity index (χ3n) is 3.44. The fraction of sp³-hybridized carbons (Fsp3) is 0.200. The number of amides is 1. The minimum absolute atomic E-state index is 0.0201. The molecule has 2 rings (SSSR count). The third-order valence-corrected chi connectivity index (χ3v) is 3.44. The molecule has 2 N–H and O–H groups in total. The molecule has 4 nitrogen and oxygen atoms in total. The smallest absolute Gasteiger partial charge is 0.263 e. The molecule has 4 heteroatoms. The van der Waals surface area contributed by atoms with E-state index in [1.54, 1.807) is 0 Å². The normalized spacial score (nSPS) is 11.2. The summed E-state index contributed by atoms with van der Waals surface area (Å²) in [4.78, 5) is 12.0. The number of hydrogen-bond donors (Lipinski definition) is 2. The maximum atomic E-state index is 12.0. The molecular formula is C20H21N3O. The maximum absolute atomic E-state index is 12.0. The van der Waals surface area contributed by atoms with Crippen molar-refractivity contribution in [3.8, 4) is 6.07 Å². The van der Waals surface area contributed by atoms with Gasteiger partial charge in [-0.25, -0.2) is 0 Å². The number of nitrogens with one attached hydrogen (secondary N) is 2. The van der Waals surface area contributed by atoms with Gasteiger partial charge >= 0.3 is 0 Å². The molecule has 0 aliphatic rings. The Hall–Kier alpha value is -3.06. The summed E-state index contributed by atoms with van der Waals surface area (Å²) in [5.41, 5.74) is 2.17. The van der Waals surface area contributed by atoms with Crippen LogP contribution in [0.2, 0.25) is 0 Å². The van der Waals surface area contributed by atoms with Crippen molar-refractivity contribution in [1.82, 2.24) is 10.6 Å². The van der Waals surface area contributed by atoms with Gasteiger partial charge in [0.1, 0.15) is 11.6 Å². The van der Waals surface area contributed by atoms with Crippen LogP contribution in [0.15, 0.2) is 72.4 Å². The van der Waals surface area contributed by atoms with E-state index in [9.17, 15) is 10.1 Å². The number of carbonyl (C=O) groups excluding carboxylic acids is 1. The van der Waals surface area contributed by atoms with Gasteiger partial charge in [-0.1, -0.05) is 60.7 Å². The number of benzene rings is 2. The first-order valence-corrected chi connectivity index (χ1v) is 7.89. The van der Waals surface area contributed by atoms with Crippen molar-refractivity contribution in [2.75, 3.05) is 0 Å². The highest BCUT2D eigenvalue weighted by Crippen LogP contribution is 2.21. The number of carbonyl (C=O) groups is 1. The van der Waals surface area contributed by atoms with E-state index < -0.39 is 0 Å². The second kappa shape index (κ2) is 8.54. The zero-order chi connectivity index (χ0) is 17.4. The van der Waals surface area contributed by atoms with Crippen molar-refractivity contribution in [3.05, 3.63) is 83.6 Å². The number of rotatable bonds is 6. The van der Waals surface area contributed by atoms with Crippen molar-refractivity contribution >= 4 is 5.91 Å². The van der Waals surface area contributed by atoms with Crippen molar-refractivity contribution in [1.29, 1.82) is 5.26 Å². The SMILES string of the molecule is CC(C)NC(=O)/C(C#N)=C\NC(c1ccccc1)c1ccccc1. The Balaban J connectivity index is 2.28. The molecule has 0 saturated heterocycles. The summed E-state index contributed by atoms with van der Waals surface area (Å²) in [5.74, 6) is -0.375. The van der Waals surface area contributed by atoms with E-state index in [0.717, 1.165) is 11.1 Å². The average Bonchev–Trinajstić information content (AvgIpc) is 2.59. The topological polar surface area (TPSA) is 64.9 Å². The molecule has 0 spiro atoms. The lowest BCUT2D eigenvalue weighted by molar-refractivity contribution is -0.117. The molecule has 0 aromatic heterocycles. The number of hydrogen-bond acceptors (Lipinski definition) is 3. The van der Waals surface area contributed by atoms with Gasteiger partial charge in [-0.15, -0.1) is 0 Å². The van der Waals surface area contributed by atoms with Gasteiger partial charge in [0.25, 0.3) is 5.91 Å². The van der Waals surface area contributed by atoms with Crippen LogP contribution in [0.4, 0.5) is 0 Å². The molecule has 2 aromatic rings. The summed E-state index contributed by atoms with van der Waals surface area (Å²) in [6, 6.07) is 21.6. The predicted octanol–water partition coefficient (Wildman–Crippen LogP) is 3.30. The zero-order valence-corrected chi connectivity index (χ0v) is 13.9. The highest BCUT2D eigenvalue weighted by atomic mass is 16.1. The van der Waals surface area contributed by atoms with Crippen LogP contribution >= 0.6 is 0 Å². The molecule has 0 fully saturated rings. The first kappa shape index (κ1) is 17.3. The molecule has 0 heterocycles. The Morgan fingerprint density at radius 2 is 1.50 bits per heavy atom. The van der Waals surface area contributed by atoms with Crippen LogP contribution in [0, 0.1) is 11.3 Å². The van der Waals surface area contributed by atoms with E-state index in [1.165, 1.54) is 6.20 Å². The minimum atomic E-state index is -0.375. The molecule has 0 saturated carbocycles. The highest BCUT2D eigenvalue weighted by molar-refractivity contribution is 5.97. The highest BCUT2D eigenvalue weighted by Gasteiger charge is 2.14. The number of nitrogens with zero attached hydrogens (tertiary/aromatic N) is 1. The molecular weight excluding hydrogens is 298 g/mol. The van der Waals surface area contributed by atoms with E-state index in [2.05, 4.69) is 10.6 Å². The van der Waals surface area contributed by atoms with Gasteiger partial charge in [0.2, 0.25) is 0 Å². The molecule has 0 bridgehead atoms. The van der Waals surface area contributed by atoms with Gasteiger partial charge in [-0.3, -0.25) is 4.79 Å². The van der Waals surface area contributed by atoms with E-state index in [4.69, 9.17) is 0 Å². The fourth-order valence-electron chi connectivity index (χ4n) is 2.33. The van der Waals surface area contributed by atoms with Crippen LogP contribution in [0.1, 0.15) is 31.0 Å². The molecule has 1 amide bonds. The Kier molecular flexibility index (Phi) is 6.16. The summed E-state index contributed by atoms with van der Waals surface area (Å²) in [6.45, 7) is 3.72. The summed E-state index contributed by atoms with van der Waals surface area (Å²) in [6.07, 6.45) is 1.49. The van der Waals surface area contributed by atoms with Gasteiger partial charge in [0.15, 0.2) is 0 Å². The Bertz CT molecular complexity index is 691. The van der Waals surface area contributed by atoms with E-state index >= 15 is 0 Å². The average molecular weight is 319 g/mol. The van der Waals surface area contributed by atoms with E-state index in [-0.39, 0.29) is 23.6 Å². The van der Waals surface area contributed by atoms with Gasteiger partial charge in [-0.05, 0) is 25.0 Å². The first-order valence-electron chi connectivity index (χ1n) is 7.89. The van der Waals surface area contributed by atoms with Crippen LogP contribution < -0.4 is 10.6 Å². The third kappa shape index (κ3) is 4.72. The van der Waals surface area contributed by atoms with Crippen molar-refractivity contribution in [2.24, 2.45) is 0 Å². The molecule has 2 aromatic carbocycles. The Morgan fingerprint density at radius 3 is 1.92 bits per heavy atom. The molecule has 0 aliphatic heterocycles. The fourth-order valence-corrected chi connectivity index (χ4v) is 2.33. The van der Waals surface area contributed by atoms with Gasteiger partial charge in [-0.2, -0.15) is 5.26 Å². The van der Waals surface area contributed by atoms with Crippen LogP contribution in [-0.2, 0) is 4.79 Å². The maximum Gasteiger partial charge on any atom is 0.263 e. The van der Waals surface area contributed by atoms with Gasteiger partial charge in [0.05, 0.1) is 6.04 Å². The Labute approximate surface area is 142 Å². The molecule has 0 unspecified atom stereocenters. The van der Waals surface area contributed by atoms with Crippen LogP contribution in [-0.4, -0.2) is 11.9 Å². The standard InChI is InChI=1S/C20H21N3O/c1-15(2)23-20(24)18(13-21)14-22-19(16-9-5-3-6-10-16)17-11-7-4-8-12-17/h3-12,14-15,19,22H,1-2H3,(H,23,24)/b18-14-. The lowest BCUT2D eigenvalue weighted by Crippen LogP contribution is -2.32.